The molecular weight excluding hydrogens is 140 g/mol. The van der Waals surface area contributed by atoms with Gasteiger partial charge in [0.15, 0.2) is 0 Å². The molecule has 1 aromatic heterocycles. The van der Waals surface area contributed by atoms with E-state index < -0.39 is 0 Å². The second-order valence-corrected chi connectivity index (χ2v) is 2.91. The molecule has 0 saturated carbocycles. The van der Waals surface area contributed by atoms with Crippen LogP contribution in [0.5, 0.6) is 0 Å². The van der Waals surface area contributed by atoms with Crippen LogP contribution in [-0.4, -0.2) is 23.4 Å². The fourth-order valence-corrected chi connectivity index (χ4v) is 1.38. The first kappa shape index (κ1) is 6.85. The molecule has 2 heterocycles. The Labute approximate surface area is 65.8 Å². The molecule has 0 aromatic carbocycles. The fourth-order valence-electron chi connectivity index (χ4n) is 1.38. The highest BCUT2D eigenvalue weighted by atomic mass is 16.5. The van der Waals surface area contributed by atoms with Gasteiger partial charge in [0, 0.05) is 25.5 Å². The van der Waals surface area contributed by atoms with Gasteiger partial charge in [0.2, 0.25) is 0 Å². The van der Waals surface area contributed by atoms with Gasteiger partial charge < -0.3 is 4.74 Å². The van der Waals surface area contributed by atoms with E-state index in [9.17, 15) is 0 Å². The number of nitrogens with zero attached hydrogens (tertiary/aromatic N) is 1. The van der Waals surface area contributed by atoms with Crippen molar-refractivity contribution in [1.82, 2.24) is 10.2 Å². The largest absolute Gasteiger partial charge is 0.381 e. The Kier molecular flexibility index (Phi) is 1.90. The zero-order valence-corrected chi connectivity index (χ0v) is 6.34. The summed E-state index contributed by atoms with van der Waals surface area (Å²) >= 11 is 0. The molecule has 1 aromatic rings. The molecule has 0 unspecified atom stereocenters. The van der Waals surface area contributed by atoms with Crippen molar-refractivity contribution in [1.29, 1.82) is 0 Å². The summed E-state index contributed by atoms with van der Waals surface area (Å²) in [5, 5.41) is 6.80. The summed E-state index contributed by atoms with van der Waals surface area (Å²) in [5.41, 5.74) is 1.03. The van der Waals surface area contributed by atoms with Crippen molar-refractivity contribution >= 4 is 0 Å². The van der Waals surface area contributed by atoms with Gasteiger partial charge in [-0.2, -0.15) is 5.10 Å². The zero-order chi connectivity index (χ0) is 7.52. The van der Waals surface area contributed by atoms with Gasteiger partial charge in [-0.15, -0.1) is 0 Å². The predicted octanol–water partition coefficient (Wildman–Crippen LogP) is 0.789. The van der Waals surface area contributed by atoms with E-state index in [0.717, 1.165) is 25.3 Å². The third-order valence-corrected chi connectivity index (χ3v) is 2.01. The van der Waals surface area contributed by atoms with Crippen LogP contribution in [0.1, 0.15) is 12.1 Å². The molecule has 0 bridgehead atoms. The first-order valence-corrected chi connectivity index (χ1v) is 3.93. The molecule has 59 valence electrons. The fraction of sp³-hybridized carbons (Fsp3) is 0.625. The first-order valence-electron chi connectivity index (χ1n) is 3.93. The van der Waals surface area contributed by atoms with Crippen LogP contribution >= 0.6 is 0 Å². The van der Waals surface area contributed by atoms with E-state index in [0.29, 0.717) is 5.92 Å². The molecular formula is C8H11N2O. The van der Waals surface area contributed by atoms with E-state index in [2.05, 4.69) is 16.3 Å². The van der Waals surface area contributed by atoms with E-state index in [1.165, 1.54) is 6.42 Å². The molecule has 2 rings (SSSR count). The van der Waals surface area contributed by atoms with E-state index in [-0.39, 0.29) is 0 Å². The van der Waals surface area contributed by atoms with Crippen LogP contribution in [-0.2, 0) is 11.2 Å². The normalized spacial score (nSPS) is 24.2. The zero-order valence-electron chi connectivity index (χ0n) is 6.34. The maximum atomic E-state index is 5.25. The lowest BCUT2D eigenvalue weighted by Gasteiger charge is -2.02. The smallest absolute Gasteiger partial charge is 0.0705 e. The number of nitrogens with one attached hydrogen (secondary N) is 1. The number of ether oxygens (including phenoxy) is 1. The maximum absolute atomic E-state index is 5.25. The van der Waals surface area contributed by atoms with Gasteiger partial charge >= 0.3 is 0 Å². The van der Waals surface area contributed by atoms with Crippen LogP contribution in [0.3, 0.4) is 0 Å². The van der Waals surface area contributed by atoms with Gasteiger partial charge in [-0.1, -0.05) is 0 Å². The minimum atomic E-state index is 0.662. The third kappa shape index (κ3) is 1.60. The summed E-state index contributed by atoms with van der Waals surface area (Å²) in [6, 6.07) is 3.04. The summed E-state index contributed by atoms with van der Waals surface area (Å²) in [5.74, 6) is 0.662. The van der Waals surface area contributed by atoms with Crippen LogP contribution in [0.25, 0.3) is 0 Å². The summed E-state index contributed by atoms with van der Waals surface area (Å²) in [6.07, 6.45) is 3.91. The Morgan fingerprint density at radius 1 is 1.82 bits per heavy atom. The van der Waals surface area contributed by atoms with E-state index >= 15 is 0 Å². The Morgan fingerprint density at radius 3 is 3.45 bits per heavy atom. The molecule has 3 heteroatoms. The van der Waals surface area contributed by atoms with Gasteiger partial charge in [0.05, 0.1) is 5.69 Å². The Hall–Kier alpha value is -0.830. The van der Waals surface area contributed by atoms with Crippen LogP contribution in [0, 0.1) is 12.0 Å². The van der Waals surface area contributed by atoms with Crippen molar-refractivity contribution in [3.63, 3.8) is 0 Å². The molecule has 1 aliphatic heterocycles. The van der Waals surface area contributed by atoms with Crippen molar-refractivity contribution in [3.8, 4) is 0 Å². The highest BCUT2D eigenvalue weighted by Crippen LogP contribution is 2.16. The first-order chi connectivity index (χ1) is 5.45. The summed E-state index contributed by atoms with van der Waals surface area (Å²) in [6.45, 7) is 1.80. The molecule has 1 saturated heterocycles. The van der Waals surface area contributed by atoms with E-state index in [1.807, 2.05) is 0 Å². The lowest BCUT2D eigenvalue weighted by molar-refractivity contribution is 0.185. The molecule has 0 aliphatic carbocycles. The van der Waals surface area contributed by atoms with E-state index in [1.54, 1.807) is 6.20 Å². The van der Waals surface area contributed by atoms with E-state index in [4.69, 9.17) is 4.74 Å². The molecule has 3 nitrogen and oxygen atoms in total. The minimum absolute atomic E-state index is 0.662. The maximum Gasteiger partial charge on any atom is 0.0705 e. The summed E-state index contributed by atoms with van der Waals surface area (Å²) in [7, 11) is 0. The lowest BCUT2D eigenvalue weighted by Crippen LogP contribution is -2.03. The highest BCUT2D eigenvalue weighted by Gasteiger charge is 2.16. The van der Waals surface area contributed by atoms with Crippen molar-refractivity contribution in [2.24, 2.45) is 5.92 Å². The number of H-pyrrole nitrogens is 1. The van der Waals surface area contributed by atoms with Crippen molar-refractivity contribution in [2.75, 3.05) is 13.2 Å². The number of aromatic amines is 1. The van der Waals surface area contributed by atoms with Crippen molar-refractivity contribution in [2.45, 2.75) is 12.8 Å². The minimum Gasteiger partial charge on any atom is -0.381 e. The molecule has 11 heavy (non-hydrogen) atoms. The van der Waals surface area contributed by atoms with Gasteiger partial charge in [-0.05, 0) is 18.8 Å². The van der Waals surface area contributed by atoms with Crippen LogP contribution in [0.2, 0.25) is 0 Å². The Morgan fingerprint density at radius 2 is 2.82 bits per heavy atom. The number of aromatic nitrogens is 2. The summed E-state index contributed by atoms with van der Waals surface area (Å²) < 4.78 is 5.25. The molecule has 0 spiro atoms. The SMILES string of the molecule is [c]1c[nH]nc1C[C@H]1CCOC1. The monoisotopic (exact) mass is 151 g/mol. The second-order valence-electron chi connectivity index (χ2n) is 2.91. The quantitative estimate of drug-likeness (QED) is 0.678. The van der Waals surface area contributed by atoms with Gasteiger partial charge in [-0.25, -0.2) is 0 Å². The molecule has 0 amide bonds. The average Bonchev–Trinajstić information content (AvgIpc) is 2.60. The molecule has 1 N–H and O–H groups in total. The lowest BCUT2D eigenvalue weighted by atomic mass is 10.0. The number of rotatable bonds is 2. The number of hydrogen-bond donors (Lipinski definition) is 1. The van der Waals surface area contributed by atoms with Crippen LogP contribution in [0.4, 0.5) is 0 Å². The Bertz CT molecular complexity index is 202. The summed E-state index contributed by atoms with van der Waals surface area (Å²) in [4.78, 5) is 0. The molecule has 1 radical (unpaired) electrons. The van der Waals surface area contributed by atoms with Gasteiger partial charge in [0.1, 0.15) is 0 Å². The van der Waals surface area contributed by atoms with Crippen LogP contribution < -0.4 is 0 Å². The highest BCUT2D eigenvalue weighted by molar-refractivity contribution is 4.96. The topological polar surface area (TPSA) is 37.9 Å². The van der Waals surface area contributed by atoms with Crippen molar-refractivity contribution in [3.05, 3.63) is 18.0 Å². The molecule has 1 aliphatic rings. The predicted molar refractivity (Wildman–Crippen MR) is 40.1 cm³/mol. The Balaban J connectivity index is 1.90. The van der Waals surface area contributed by atoms with Gasteiger partial charge in [-0.3, -0.25) is 5.10 Å². The standard InChI is InChI=1S/C8H11N2O/c1-3-9-10-8(1)5-7-2-4-11-6-7/h3,7H,2,4-6H2,(H,9,10)/t7-/m1/s1. The third-order valence-electron chi connectivity index (χ3n) is 2.01. The molecule has 1 fully saturated rings. The number of hydrogen-bond acceptors (Lipinski definition) is 2. The second kappa shape index (κ2) is 3.05. The van der Waals surface area contributed by atoms with Crippen molar-refractivity contribution < 1.29 is 4.74 Å². The van der Waals surface area contributed by atoms with Crippen LogP contribution in [0.15, 0.2) is 6.20 Å². The average molecular weight is 151 g/mol. The van der Waals surface area contributed by atoms with Gasteiger partial charge in [0.25, 0.3) is 0 Å². The molecule has 1 atom stereocenters.